The fourth-order valence-corrected chi connectivity index (χ4v) is 2.45. The monoisotopic (exact) mass is 249 g/mol. The molecule has 96 valence electrons. The van der Waals surface area contributed by atoms with Gasteiger partial charge in [0.25, 0.3) is 0 Å². The van der Waals surface area contributed by atoms with Crippen molar-refractivity contribution in [3.63, 3.8) is 0 Å². The lowest BCUT2D eigenvalue weighted by molar-refractivity contribution is -0.0831. The molecule has 1 unspecified atom stereocenters. The summed E-state index contributed by atoms with van der Waals surface area (Å²) < 4.78 is 25.4. The summed E-state index contributed by atoms with van der Waals surface area (Å²) in [4.78, 5) is 2.42. The van der Waals surface area contributed by atoms with Gasteiger partial charge in [-0.1, -0.05) is 13.8 Å². The maximum atomic E-state index is 10.4. The van der Waals surface area contributed by atoms with Crippen molar-refractivity contribution in [3.8, 4) is 0 Å². The van der Waals surface area contributed by atoms with Gasteiger partial charge in [0, 0.05) is 19.6 Å². The van der Waals surface area contributed by atoms with E-state index in [1.165, 1.54) is 5.06 Å². The summed E-state index contributed by atoms with van der Waals surface area (Å²) in [6.07, 6.45) is 1.92. The van der Waals surface area contributed by atoms with Crippen LogP contribution >= 0.6 is 0 Å². The summed E-state index contributed by atoms with van der Waals surface area (Å²) in [6, 6.07) is 0.210. The molecule has 1 fully saturated rings. The highest BCUT2D eigenvalue weighted by molar-refractivity contribution is 7.74. The van der Waals surface area contributed by atoms with Gasteiger partial charge in [-0.05, 0) is 31.8 Å². The van der Waals surface area contributed by atoms with Crippen LogP contribution in [0.2, 0.25) is 0 Å². The van der Waals surface area contributed by atoms with Crippen molar-refractivity contribution in [2.45, 2.75) is 32.7 Å². The van der Waals surface area contributed by atoms with Gasteiger partial charge in [0.05, 0.1) is 0 Å². The van der Waals surface area contributed by atoms with Crippen LogP contribution in [0.15, 0.2) is 0 Å². The van der Waals surface area contributed by atoms with Crippen LogP contribution in [-0.4, -0.2) is 51.4 Å². The van der Waals surface area contributed by atoms with E-state index < -0.39 is 11.4 Å². The van der Waals surface area contributed by atoms with Gasteiger partial charge in [0.15, 0.2) is 0 Å². The summed E-state index contributed by atoms with van der Waals surface area (Å²) in [7, 11) is 1.68. The Morgan fingerprint density at radius 2 is 2.06 bits per heavy atom. The highest BCUT2D eigenvalue weighted by atomic mass is 32.2. The molecule has 1 atom stereocenters. The van der Waals surface area contributed by atoms with Crippen LogP contribution in [-0.2, 0) is 15.6 Å². The molecule has 1 aliphatic rings. The molecule has 1 aliphatic heterocycles. The molecule has 0 aromatic carbocycles. The maximum absolute atomic E-state index is 10.4. The largest absolute Gasteiger partial charge is 0.748 e. The predicted octanol–water partition coefficient (Wildman–Crippen LogP) is 0.764. The standard InChI is InChI=1S/C10H22N2O3S/c1-9(2)8-12-6-4-10(5-7-12)11(3)15-16(13)14/h9-10H,4-8H2,1-3H3,(H,13,14)/p-1. The second-order valence-corrected chi connectivity index (χ2v) is 5.31. The zero-order valence-electron chi connectivity index (χ0n) is 10.2. The van der Waals surface area contributed by atoms with Crippen molar-refractivity contribution < 1.29 is 13.0 Å². The van der Waals surface area contributed by atoms with Crippen LogP contribution in [0.3, 0.4) is 0 Å². The summed E-state index contributed by atoms with van der Waals surface area (Å²) in [6.45, 7) is 7.57. The molecule has 1 heterocycles. The molecule has 0 aliphatic carbocycles. The SMILES string of the molecule is CC(C)CN1CCC(N(C)OS(=O)[O-])CC1. The molecule has 16 heavy (non-hydrogen) atoms. The van der Waals surface area contributed by atoms with Crippen molar-refractivity contribution in [1.82, 2.24) is 9.96 Å². The van der Waals surface area contributed by atoms with Gasteiger partial charge in [-0.3, -0.25) is 0 Å². The van der Waals surface area contributed by atoms with E-state index in [9.17, 15) is 8.76 Å². The summed E-state index contributed by atoms with van der Waals surface area (Å²) in [5, 5.41) is 1.45. The molecular weight excluding hydrogens is 228 g/mol. The molecule has 0 N–H and O–H groups in total. The van der Waals surface area contributed by atoms with E-state index in [4.69, 9.17) is 0 Å². The first kappa shape index (κ1) is 14.1. The van der Waals surface area contributed by atoms with E-state index in [1.807, 2.05) is 0 Å². The van der Waals surface area contributed by atoms with Gasteiger partial charge in [0.2, 0.25) is 0 Å². The molecule has 1 rings (SSSR count). The summed E-state index contributed by atoms with van der Waals surface area (Å²) in [5.41, 5.74) is 0. The van der Waals surface area contributed by atoms with Crippen molar-refractivity contribution in [2.75, 3.05) is 26.7 Å². The molecule has 0 radical (unpaired) electrons. The zero-order valence-corrected chi connectivity index (χ0v) is 11.0. The second-order valence-electron chi connectivity index (χ2n) is 4.75. The number of likely N-dealkylation sites (tertiary alicyclic amines) is 1. The van der Waals surface area contributed by atoms with E-state index in [-0.39, 0.29) is 6.04 Å². The van der Waals surface area contributed by atoms with E-state index in [2.05, 4.69) is 23.0 Å². The first-order valence-electron chi connectivity index (χ1n) is 5.72. The fraction of sp³-hybridized carbons (Fsp3) is 1.00. The molecule has 6 heteroatoms. The van der Waals surface area contributed by atoms with Crippen LogP contribution in [0.4, 0.5) is 0 Å². The predicted molar refractivity (Wildman–Crippen MR) is 62.1 cm³/mol. The lowest BCUT2D eigenvalue weighted by Gasteiger charge is -2.36. The van der Waals surface area contributed by atoms with Crippen LogP contribution in [0.25, 0.3) is 0 Å². The number of piperidine rings is 1. The van der Waals surface area contributed by atoms with Gasteiger partial charge in [-0.2, -0.15) is 5.06 Å². The Morgan fingerprint density at radius 1 is 1.50 bits per heavy atom. The third kappa shape index (κ3) is 4.88. The van der Waals surface area contributed by atoms with Gasteiger partial charge in [-0.25, -0.2) is 8.49 Å². The Labute approximate surface area is 100 Å². The van der Waals surface area contributed by atoms with Gasteiger partial charge in [0.1, 0.15) is 11.4 Å². The van der Waals surface area contributed by atoms with E-state index in [0.717, 1.165) is 32.5 Å². The maximum Gasteiger partial charge on any atom is 0.106 e. The first-order chi connectivity index (χ1) is 7.49. The molecule has 0 bridgehead atoms. The Kier molecular flexibility index (Phi) is 5.85. The normalized spacial score (nSPS) is 21.9. The zero-order chi connectivity index (χ0) is 12.1. The molecule has 0 aromatic heterocycles. The Bertz CT molecular complexity index is 230. The van der Waals surface area contributed by atoms with E-state index in [0.29, 0.717) is 5.92 Å². The Hall–Kier alpha value is -0.0100. The van der Waals surface area contributed by atoms with Crippen molar-refractivity contribution in [3.05, 3.63) is 0 Å². The number of hydroxylamine groups is 2. The highest BCUT2D eigenvalue weighted by Gasteiger charge is 2.23. The van der Waals surface area contributed by atoms with E-state index in [1.54, 1.807) is 7.05 Å². The van der Waals surface area contributed by atoms with Crippen molar-refractivity contribution >= 4 is 11.4 Å². The average molecular weight is 249 g/mol. The number of hydrogen-bond donors (Lipinski definition) is 0. The molecule has 1 saturated heterocycles. The van der Waals surface area contributed by atoms with Gasteiger partial charge in [-0.15, -0.1) is 0 Å². The third-order valence-electron chi connectivity index (χ3n) is 2.87. The summed E-state index contributed by atoms with van der Waals surface area (Å²) in [5.74, 6) is 0.680. The fourth-order valence-electron chi connectivity index (χ4n) is 2.14. The molecule has 0 spiro atoms. The van der Waals surface area contributed by atoms with Crippen LogP contribution in [0.1, 0.15) is 26.7 Å². The highest BCUT2D eigenvalue weighted by Crippen LogP contribution is 2.16. The van der Waals surface area contributed by atoms with Crippen molar-refractivity contribution in [1.29, 1.82) is 0 Å². The van der Waals surface area contributed by atoms with Crippen LogP contribution in [0, 0.1) is 5.92 Å². The first-order valence-corrected chi connectivity index (χ1v) is 6.72. The average Bonchev–Trinajstić information content (AvgIpc) is 2.16. The van der Waals surface area contributed by atoms with Gasteiger partial charge < -0.3 is 9.45 Å². The third-order valence-corrected chi connectivity index (χ3v) is 3.23. The lowest BCUT2D eigenvalue weighted by Crippen LogP contribution is -2.44. The van der Waals surface area contributed by atoms with Gasteiger partial charge >= 0.3 is 0 Å². The number of rotatable bonds is 5. The van der Waals surface area contributed by atoms with Crippen LogP contribution in [0.5, 0.6) is 0 Å². The molecule has 0 saturated carbocycles. The molecule has 5 nitrogen and oxygen atoms in total. The Balaban J connectivity index is 2.28. The molecule has 0 amide bonds. The minimum atomic E-state index is -2.45. The molecule has 0 aromatic rings. The number of hydrogen-bond acceptors (Lipinski definition) is 5. The topological polar surface area (TPSA) is 55.8 Å². The minimum Gasteiger partial charge on any atom is -0.748 e. The van der Waals surface area contributed by atoms with E-state index >= 15 is 0 Å². The lowest BCUT2D eigenvalue weighted by atomic mass is 10.0. The second kappa shape index (κ2) is 6.66. The Morgan fingerprint density at radius 3 is 2.50 bits per heavy atom. The quantitative estimate of drug-likeness (QED) is 0.532. The van der Waals surface area contributed by atoms with Crippen molar-refractivity contribution in [2.24, 2.45) is 5.92 Å². The van der Waals surface area contributed by atoms with Crippen LogP contribution < -0.4 is 0 Å². The number of nitrogens with zero attached hydrogens (tertiary/aromatic N) is 2. The summed E-state index contributed by atoms with van der Waals surface area (Å²) >= 11 is -2.45. The molecular formula is C10H21N2O3S-. The smallest absolute Gasteiger partial charge is 0.106 e. The minimum absolute atomic E-state index is 0.210.